The maximum atomic E-state index is 10.1. The van der Waals surface area contributed by atoms with Crippen molar-refractivity contribution >= 4 is 23.0 Å². The normalized spacial score (nSPS) is 15.4. The van der Waals surface area contributed by atoms with Gasteiger partial charge in [-0.3, -0.25) is 4.99 Å². The van der Waals surface area contributed by atoms with Gasteiger partial charge >= 0.3 is 0 Å². The molecule has 2 N–H and O–H groups in total. The van der Waals surface area contributed by atoms with Crippen molar-refractivity contribution in [2.24, 2.45) is 4.99 Å². The Balaban J connectivity index is 1.57. The van der Waals surface area contributed by atoms with Crippen molar-refractivity contribution in [3.63, 3.8) is 0 Å². The number of aromatic nitrogens is 1. The SMILES string of the molecule is CCNC(=NCCc1csc(C)n1)N1CCN(c2ccccc2O)CC1. The highest BCUT2D eigenvalue weighted by atomic mass is 32.1. The second kappa shape index (κ2) is 8.89. The number of anilines is 1. The number of benzene rings is 1. The molecule has 26 heavy (non-hydrogen) atoms. The summed E-state index contributed by atoms with van der Waals surface area (Å²) in [7, 11) is 0. The zero-order valence-electron chi connectivity index (χ0n) is 15.5. The molecule has 7 heteroatoms. The third-order valence-corrected chi connectivity index (χ3v) is 5.25. The fraction of sp³-hybridized carbons (Fsp3) is 0.474. The average molecular weight is 374 g/mol. The van der Waals surface area contributed by atoms with Crippen LogP contribution in [-0.2, 0) is 6.42 Å². The van der Waals surface area contributed by atoms with Gasteiger partial charge in [0.15, 0.2) is 5.96 Å². The van der Waals surface area contributed by atoms with E-state index in [1.807, 2.05) is 25.1 Å². The Labute approximate surface area is 159 Å². The Morgan fingerprint density at radius 1 is 1.27 bits per heavy atom. The Hall–Kier alpha value is -2.28. The summed E-state index contributed by atoms with van der Waals surface area (Å²) in [5.41, 5.74) is 2.03. The zero-order chi connectivity index (χ0) is 18.4. The van der Waals surface area contributed by atoms with E-state index in [-0.39, 0.29) is 0 Å². The zero-order valence-corrected chi connectivity index (χ0v) is 16.3. The van der Waals surface area contributed by atoms with Crippen molar-refractivity contribution in [3.8, 4) is 5.75 Å². The van der Waals surface area contributed by atoms with Gasteiger partial charge in [0, 0.05) is 51.1 Å². The number of para-hydroxylation sites is 2. The van der Waals surface area contributed by atoms with Crippen LogP contribution in [0, 0.1) is 6.92 Å². The van der Waals surface area contributed by atoms with E-state index in [1.165, 1.54) is 0 Å². The van der Waals surface area contributed by atoms with Crippen LogP contribution in [0.15, 0.2) is 34.6 Å². The number of thiazole rings is 1. The highest BCUT2D eigenvalue weighted by Gasteiger charge is 2.21. The summed E-state index contributed by atoms with van der Waals surface area (Å²) in [5, 5.41) is 16.7. The molecule has 0 aliphatic carbocycles. The predicted molar refractivity (Wildman–Crippen MR) is 108 cm³/mol. The van der Waals surface area contributed by atoms with E-state index in [2.05, 4.69) is 32.4 Å². The molecular weight excluding hydrogens is 346 g/mol. The van der Waals surface area contributed by atoms with Crippen molar-refractivity contribution in [1.29, 1.82) is 0 Å². The van der Waals surface area contributed by atoms with Gasteiger partial charge in [-0.15, -0.1) is 11.3 Å². The van der Waals surface area contributed by atoms with Crippen molar-refractivity contribution in [3.05, 3.63) is 40.3 Å². The molecule has 140 valence electrons. The number of hydrogen-bond donors (Lipinski definition) is 2. The fourth-order valence-electron chi connectivity index (χ4n) is 3.12. The van der Waals surface area contributed by atoms with E-state index >= 15 is 0 Å². The smallest absolute Gasteiger partial charge is 0.194 e. The molecule has 0 radical (unpaired) electrons. The van der Waals surface area contributed by atoms with Crippen molar-refractivity contribution in [2.75, 3.05) is 44.2 Å². The van der Waals surface area contributed by atoms with E-state index in [1.54, 1.807) is 17.4 Å². The number of rotatable bonds is 5. The van der Waals surface area contributed by atoms with E-state index in [9.17, 15) is 5.11 Å². The van der Waals surface area contributed by atoms with Gasteiger partial charge in [0.25, 0.3) is 0 Å². The number of hydrogen-bond acceptors (Lipinski definition) is 5. The summed E-state index contributed by atoms with van der Waals surface area (Å²) in [5.74, 6) is 1.32. The predicted octanol–water partition coefficient (Wildman–Crippen LogP) is 2.49. The monoisotopic (exact) mass is 373 g/mol. The first-order chi connectivity index (χ1) is 12.7. The van der Waals surface area contributed by atoms with Crippen molar-refractivity contribution in [2.45, 2.75) is 20.3 Å². The van der Waals surface area contributed by atoms with E-state index in [0.717, 1.165) is 68.0 Å². The summed E-state index contributed by atoms with van der Waals surface area (Å²) in [6, 6.07) is 7.54. The minimum atomic E-state index is 0.347. The van der Waals surface area contributed by atoms with Crippen LogP contribution in [0.1, 0.15) is 17.6 Å². The number of phenols is 1. The maximum absolute atomic E-state index is 10.1. The molecule has 3 rings (SSSR count). The third kappa shape index (κ3) is 4.66. The maximum Gasteiger partial charge on any atom is 0.194 e. The molecule has 1 saturated heterocycles. The number of nitrogens with one attached hydrogen (secondary N) is 1. The van der Waals surface area contributed by atoms with E-state index < -0.39 is 0 Å². The summed E-state index contributed by atoms with van der Waals surface area (Å²) in [6.07, 6.45) is 0.872. The molecule has 1 fully saturated rings. The minimum Gasteiger partial charge on any atom is -0.506 e. The van der Waals surface area contributed by atoms with Crippen molar-refractivity contribution < 1.29 is 5.11 Å². The Morgan fingerprint density at radius 2 is 2.04 bits per heavy atom. The first-order valence-corrected chi connectivity index (χ1v) is 10.0. The van der Waals surface area contributed by atoms with Gasteiger partial charge in [-0.05, 0) is 26.0 Å². The summed E-state index contributed by atoms with van der Waals surface area (Å²) < 4.78 is 0. The first kappa shape index (κ1) is 18.5. The Bertz CT molecular complexity index is 737. The second-order valence-electron chi connectivity index (χ2n) is 6.31. The molecule has 1 aromatic carbocycles. The molecule has 0 saturated carbocycles. The fourth-order valence-corrected chi connectivity index (χ4v) is 3.76. The average Bonchev–Trinajstić information content (AvgIpc) is 3.07. The van der Waals surface area contributed by atoms with E-state index in [0.29, 0.717) is 5.75 Å². The first-order valence-electron chi connectivity index (χ1n) is 9.14. The number of phenolic OH excluding ortho intramolecular Hbond substituents is 1. The Morgan fingerprint density at radius 3 is 2.69 bits per heavy atom. The lowest BCUT2D eigenvalue weighted by atomic mass is 10.2. The van der Waals surface area contributed by atoms with Crippen LogP contribution in [0.4, 0.5) is 5.69 Å². The van der Waals surface area contributed by atoms with Crippen LogP contribution in [0.25, 0.3) is 0 Å². The summed E-state index contributed by atoms with van der Waals surface area (Å²) in [4.78, 5) is 13.8. The molecule has 2 heterocycles. The highest BCUT2D eigenvalue weighted by molar-refractivity contribution is 7.09. The molecular formula is C19H27N5OS. The lowest BCUT2D eigenvalue weighted by Gasteiger charge is -2.37. The van der Waals surface area contributed by atoms with E-state index in [4.69, 9.17) is 4.99 Å². The highest BCUT2D eigenvalue weighted by Crippen LogP contribution is 2.27. The van der Waals surface area contributed by atoms with Gasteiger partial charge in [0.1, 0.15) is 5.75 Å². The molecule has 0 bridgehead atoms. The lowest BCUT2D eigenvalue weighted by molar-refractivity contribution is 0.370. The molecule has 0 atom stereocenters. The van der Waals surface area contributed by atoms with Crippen LogP contribution in [0.5, 0.6) is 5.75 Å². The topological polar surface area (TPSA) is 64.0 Å². The van der Waals surface area contributed by atoms with Gasteiger partial charge in [-0.2, -0.15) is 0 Å². The lowest BCUT2D eigenvalue weighted by Crippen LogP contribution is -2.52. The standard InChI is InChI=1S/C19H27N5OS/c1-3-20-19(21-9-8-16-14-26-15(2)22-16)24-12-10-23(11-13-24)17-6-4-5-7-18(17)25/h4-7,14,25H,3,8-13H2,1-2H3,(H,20,21). The second-order valence-corrected chi connectivity index (χ2v) is 7.37. The molecule has 1 aliphatic heterocycles. The van der Waals surface area contributed by atoms with Gasteiger partial charge in [0.2, 0.25) is 0 Å². The molecule has 0 unspecified atom stereocenters. The largest absolute Gasteiger partial charge is 0.506 e. The molecule has 2 aromatic rings. The number of aryl methyl sites for hydroxylation is 1. The van der Waals surface area contributed by atoms with Gasteiger partial charge < -0.3 is 20.2 Å². The molecule has 0 spiro atoms. The van der Waals surface area contributed by atoms with Gasteiger partial charge in [-0.1, -0.05) is 12.1 Å². The van der Waals surface area contributed by atoms with Crippen LogP contribution in [-0.4, -0.2) is 60.2 Å². The van der Waals surface area contributed by atoms with Crippen molar-refractivity contribution in [1.82, 2.24) is 15.2 Å². The molecule has 6 nitrogen and oxygen atoms in total. The summed E-state index contributed by atoms with van der Waals surface area (Å²) >= 11 is 1.69. The Kier molecular flexibility index (Phi) is 6.33. The number of nitrogens with zero attached hydrogens (tertiary/aromatic N) is 4. The quantitative estimate of drug-likeness (QED) is 0.623. The minimum absolute atomic E-state index is 0.347. The summed E-state index contributed by atoms with van der Waals surface area (Å²) in [6.45, 7) is 9.23. The van der Waals surface area contributed by atoms with Crippen LogP contribution < -0.4 is 10.2 Å². The third-order valence-electron chi connectivity index (χ3n) is 4.43. The van der Waals surface area contributed by atoms with Crippen LogP contribution in [0.3, 0.4) is 0 Å². The van der Waals surface area contributed by atoms with Crippen LogP contribution in [0.2, 0.25) is 0 Å². The van der Waals surface area contributed by atoms with Crippen LogP contribution >= 0.6 is 11.3 Å². The molecule has 1 aliphatic rings. The molecule has 1 aromatic heterocycles. The number of aliphatic imine (C=N–C) groups is 1. The number of guanidine groups is 1. The molecule has 0 amide bonds. The number of piperazine rings is 1. The van der Waals surface area contributed by atoms with Gasteiger partial charge in [0.05, 0.1) is 16.4 Å². The number of aromatic hydroxyl groups is 1. The van der Waals surface area contributed by atoms with Gasteiger partial charge in [-0.25, -0.2) is 4.98 Å².